The number of carbonyl (C=O) groups excluding carboxylic acids is 1. The molecule has 0 fully saturated rings. The molecule has 0 spiro atoms. The second-order valence-corrected chi connectivity index (χ2v) is 6.81. The van der Waals surface area contributed by atoms with Gasteiger partial charge in [-0.05, 0) is 37.4 Å². The highest BCUT2D eigenvalue weighted by Gasteiger charge is 2.19. The summed E-state index contributed by atoms with van der Waals surface area (Å²) in [4.78, 5) is 30.0. The number of aromatic nitrogens is 2. The average molecular weight is 397 g/mol. The molecule has 0 aliphatic carbocycles. The number of hydrogen-bond acceptors (Lipinski definition) is 5. The summed E-state index contributed by atoms with van der Waals surface area (Å²) >= 11 is 13.7. The van der Waals surface area contributed by atoms with Gasteiger partial charge in [-0.1, -0.05) is 23.2 Å². The van der Waals surface area contributed by atoms with Crippen LogP contribution in [0.4, 0.5) is 0 Å². The number of pyridine rings is 2. The number of carbonyl (C=O) groups is 1. The second-order valence-electron chi connectivity index (χ2n) is 5.20. The molecule has 0 N–H and O–H groups in total. The Labute approximate surface area is 157 Å². The van der Waals surface area contributed by atoms with Crippen molar-refractivity contribution in [3.05, 3.63) is 44.7 Å². The molecule has 3 aromatic rings. The van der Waals surface area contributed by atoms with Crippen molar-refractivity contribution in [1.29, 1.82) is 0 Å². The van der Waals surface area contributed by atoms with Crippen molar-refractivity contribution < 1.29 is 9.53 Å². The summed E-state index contributed by atoms with van der Waals surface area (Å²) in [7, 11) is 0. The van der Waals surface area contributed by atoms with Gasteiger partial charge in [-0.25, -0.2) is 4.98 Å². The third-order valence-electron chi connectivity index (χ3n) is 3.74. The zero-order chi connectivity index (χ0) is 18.1. The number of benzene rings is 1. The molecule has 25 heavy (non-hydrogen) atoms. The second kappa shape index (κ2) is 7.23. The van der Waals surface area contributed by atoms with E-state index in [1.54, 1.807) is 35.8 Å². The first-order chi connectivity index (χ1) is 12.0. The molecule has 0 radical (unpaired) electrons. The van der Waals surface area contributed by atoms with Crippen molar-refractivity contribution in [2.75, 3.05) is 12.9 Å². The van der Waals surface area contributed by atoms with Gasteiger partial charge in [-0.15, -0.1) is 11.8 Å². The van der Waals surface area contributed by atoms with E-state index in [4.69, 9.17) is 27.9 Å². The van der Waals surface area contributed by atoms with Gasteiger partial charge >= 0.3 is 5.97 Å². The van der Waals surface area contributed by atoms with Gasteiger partial charge in [0.1, 0.15) is 17.3 Å². The molecular weight excluding hydrogens is 383 g/mol. The third kappa shape index (κ3) is 3.21. The molecule has 5 nitrogen and oxygen atoms in total. The molecule has 0 amide bonds. The van der Waals surface area contributed by atoms with E-state index < -0.39 is 5.97 Å². The molecule has 2 heterocycles. The van der Waals surface area contributed by atoms with Crippen molar-refractivity contribution in [3.8, 4) is 0 Å². The number of ether oxygens (including phenoxy) is 1. The minimum atomic E-state index is -0.428. The molecule has 0 saturated heterocycles. The Morgan fingerprint density at radius 2 is 1.96 bits per heavy atom. The van der Waals surface area contributed by atoms with E-state index >= 15 is 0 Å². The number of nitrogens with zero attached hydrogens (tertiary/aromatic N) is 2. The Morgan fingerprint density at radius 3 is 2.64 bits per heavy atom. The molecule has 0 atom stereocenters. The number of rotatable bonds is 4. The zero-order valence-corrected chi connectivity index (χ0v) is 15.8. The number of esters is 1. The van der Waals surface area contributed by atoms with E-state index in [-0.39, 0.29) is 23.7 Å². The Kier molecular flexibility index (Phi) is 5.22. The summed E-state index contributed by atoms with van der Waals surface area (Å²) < 4.78 is 6.72. The van der Waals surface area contributed by atoms with E-state index in [1.165, 1.54) is 11.8 Å². The maximum absolute atomic E-state index is 12.9. The van der Waals surface area contributed by atoms with E-state index in [1.807, 2.05) is 6.26 Å². The summed E-state index contributed by atoms with van der Waals surface area (Å²) in [6.45, 7) is 1.90. The molecule has 0 aliphatic heterocycles. The van der Waals surface area contributed by atoms with Gasteiger partial charge in [-0.2, -0.15) is 0 Å². The van der Waals surface area contributed by atoms with Crippen LogP contribution < -0.4 is 5.43 Å². The minimum absolute atomic E-state index is 0.0949. The van der Waals surface area contributed by atoms with Crippen LogP contribution in [-0.4, -0.2) is 28.4 Å². The van der Waals surface area contributed by atoms with Gasteiger partial charge in [0.2, 0.25) is 0 Å². The van der Waals surface area contributed by atoms with Gasteiger partial charge in [0.05, 0.1) is 27.4 Å². The van der Waals surface area contributed by atoms with E-state index in [2.05, 4.69) is 4.98 Å². The third-order valence-corrected chi connectivity index (χ3v) is 5.20. The summed E-state index contributed by atoms with van der Waals surface area (Å²) in [5.74, 6) is -0.428. The van der Waals surface area contributed by atoms with Gasteiger partial charge in [-0.3, -0.25) is 9.59 Å². The first kappa shape index (κ1) is 18.0. The van der Waals surface area contributed by atoms with Gasteiger partial charge in [0.25, 0.3) is 0 Å². The van der Waals surface area contributed by atoms with Crippen LogP contribution >= 0.6 is 35.0 Å². The predicted molar refractivity (Wildman–Crippen MR) is 102 cm³/mol. The molecule has 130 valence electrons. The number of fused-ring (bicyclic) bond motifs is 2. The fraction of sp³-hybridized carbons (Fsp3) is 0.235. The largest absolute Gasteiger partial charge is 0.465 e. The molecule has 3 rings (SSSR count). The summed E-state index contributed by atoms with van der Waals surface area (Å²) in [6, 6.07) is 6.51. The topological polar surface area (TPSA) is 61.2 Å². The number of thioether (sulfide) groups is 1. The van der Waals surface area contributed by atoms with Crippen LogP contribution in [0.3, 0.4) is 0 Å². The molecule has 0 saturated carbocycles. The van der Waals surface area contributed by atoms with Crippen LogP contribution in [0, 0.1) is 0 Å². The lowest BCUT2D eigenvalue weighted by Crippen LogP contribution is -2.19. The van der Waals surface area contributed by atoms with Crippen LogP contribution in [0.25, 0.3) is 21.9 Å². The average Bonchev–Trinajstić information content (AvgIpc) is 2.58. The zero-order valence-electron chi connectivity index (χ0n) is 13.5. The monoisotopic (exact) mass is 396 g/mol. The highest BCUT2D eigenvalue weighted by Crippen LogP contribution is 2.34. The lowest BCUT2D eigenvalue weighted by atomic mass is 10.1. The van der Waals surface area contributed by atoms with Crippen LogP contribution in [0.15, 0.2) is 34.0 Å². The van der Waals surface area contributed by atoms with Gasteiger partial charge in [0, 0.05) is 5.39 Å². The highest BCUT2D eigenvalue weighted by atomic mass is 35.5. The summed E-state index contributed by atoms with van der Waals surface area (Å²) in [6.07, 6.45) is 1.86. The molecular formula is C17H14Cl2N2O3S. The first-order valence-corrected chi connectivity index (χ1v) is 9.46. The molecule has 1 aromatic carbocycles. The van der Waals surface area contributed by atoms with Crippen LogP contribution in [0.5, 0.6) is 0 Å². The van der Waals surface area contributed by atoms with Crippen LogP contribution in [0.1, 0.15) is 6.92 Å². The Hall–Kier alpha value is -1.76. The van der Waals surface area contributed by atoms with Crippen molar-refractivity contribution in [2.24, 2.45) is 0 Å². The van der Waals surface area contributed by atoms with Crippen molar-refractivity contribution >= 4 is 62.9 Å². The molecule has 0 aliphatic rings. The molecule has 0 unspecified atom stereocenters. The van der Waals surface area contributed by atoms with Crippen LogP contribution in [-0.2, 0) is 16.1 Å². The molecule has 0 bridgehead atoms. The van der Waals surface area contributed by atoms with Crippen LogP contribution in [0.2, 0.25) is 10.2 Å². The van der Waals surface area contributed by atoms with Crippen molar-refractivity contribution in [3.63, 3.8) is 0 Å². The lowest BCUT2D eigenvalue weighted by Gasteiger charge is -2.16. The highest BCUT2D eigenvalue weighted by molar-refractivity contribution is 7.99. The SMILES string of the molecule is CCOC(=O)Cn1c2nc(Cl)ccc2c(=O)c2ccc(Cl)c(SC)c21. The van der Waals surface area contributed by atoms with Crippen molar-refractivity contribution in [1.82, 2.24) is 9.55 Å². The fourth-order valence-corrected chi connectivity index (χ4v) is 3.94. The Morgan fingerprint density at radius 1 is 1.24 bits per heavy atom. The lowest BCUT2D eigenvalue weighted by molar-refractivity contribution is -0.143. The van der Waals surface area contributed by atoms with E-state index in [0.717, 1.165) is 0 Å². The number of halogens is 2. The fourth-order valence-electron chi connectivity index (χ4n) is 2.74. The first-order valence-electron chi connectivity index (χ1n) is 7.48. The Bertz CT molecular complexity index is 1050. The summed E-state index contributed by atoms with van der Waals surface area (Å²) in [5, 5.41) is 1.58. The number of hydrogen-bond donors (Lipinski definition) is 0. The van der Waals surface area contributed by atoms with Gasteiger partial charge in [0.15, 0.2) is 5.43 Å². The standard InChI is InChI=1S/C17H14Cl2N2O3S/c1-3-24-13(22)8-21-14-9(4-6-11(18)16(14)25-2)15(23)10-5-7-12(19)20-17(10)21/h4-7H,3,8H2,1-2H3. The van der Waals surface area contributed by atoms with Crippen molar-refractivity contribution in [2.45, 2.75) is 18.4 Å². The molecule has 2 aromatic heterocycles. The van der Waals surface area contributed by atoms with Gasteiger partial charge < -0.3 is 9.30 Å². The molecule has 8 heteroatoms. The summed E-state index contributed by atoms with van der Waals surface area (Å²) in [5.41, 5.74) is 0.706. The van der Waals surface area contributed by atoms with E-state index in [0.29, 0.717) is 31.9 Å². The quantitative estimate of drug-likeness (QED) is 0.287. The minimum Gasteiger partial charge on any atom is -0.465 e. The smallest absolute Gasteiger partial charge is 0.326 e. The van der Waals surface area contributed by atoms with E-state index in [9.17, 15) is 9.59 Å². The Balaban J connectivity index is 2.49. The maximum atomic E-state index is 12.9. The maximum Gasteiger partial charge on any atom is 0.326 e. The normalized spacial score (nSPS) is 11.2. The predicted octanol–water partition coefficient (Wildman–Crippen LogP) is 4.14.